The molecule has 0 aliphatic rings. The van der Waals surface area contributed by atoms with Gasteiger partial charge in [0.05, 0.1) is 6.61 Å². The number of rotatable bonds is 6. The highest BCUT2D eigenvalue weighted by atomic mass is 19.4. The third kappa shape index (κ3) is 4.15. The summed E-state index contributed by atoms with van der Waals surface area (Å²) in [5.74, 6) is -0.227. The second-order valence-corrected chi connectivity index (χ2v) is 5.30. The molecule has 2 rings (SSSR count). The van der Waals surface area contributed by atoms with Crippen LogP contribution in [0.4, 0.5) is 24.7 Å². The van der Waals surface area contributed by atoms with Crippen molar-refractivity contribution in [2.75, 3.05) is 18.6 Å². The maximum Gasteiger partial charge on any atom is 0.421 e. The number of nitrogens with zero attached hydrogens (tertiary/aromatic N) is 3. The number of anilines is 2. The van der Waals surface area contributed by atoms with Gasteiger partial charge in [-0.05, 0) is 31.0 Å². The maximum absolute atomic E-state index is 13.3. The molecule has 0 saturated carbocycles. The highest BCUT2D eigenvalue weighted by molar-refractivity contribution is 5.63. The lowest BCUT2D eigenvalue weighted by molar-refractivity contribution is -0.137. The maximum atomic E-state index is 13.3. The number of aromatic nitrogens is 2. The van der Waals surface area contributed by atoms with Gasteiger partial charge in [-0.15, -0.1) is 0 Å². The quantitative estimate of drug-likeness (QED) is 0.770. The topological polar surface area (TPSA) is 38.2 Å². The molecule has 0 bridgehead atoms. The van der Waals surface area contributed by atoms with E-state index in [4.69, 9.17) is 4.74 Å². The molecule has 0 amide bonds. The van der Waals surface area contributed by atoms with Crippen LogP contribution in [0.3, 0.4) is 0 Å². The van der Waals surface area contributed by atoms with Crippen LogP contribution in [0.25, 0.3) is 0 Å². The van der Waals surface area contributed by atoms with Crippen LogP contribution in [0.1, 0.15) is 31.4 Å². The van der Waals surface area contributed by atoms with Gasteiger partial charge in [-0.1, -0.05) is 25.5 Å². The van der Waals surface area contributed by atoms with Crippen LogP contribution in [0, 0.1) is 0 Å². The van der Waals surface area contributed by atoms with Crippen molar-refractivity contribution >= 4 is 11.5 Å². The van der Waals surface area contributed by atoms with Gasteiger partial charge in [-0.2, -0.15) is 18.2 Å². The van der Waals surface area contributed by atoms with Crippen molar-refractivity contribution in [2.24, 2.45) is 0 Å². The van der Waals surface area contributed by atoms with E-state index >= 15 is 0 Å². The minimum Gasteiger partial charge on any atom is -0.464 e. The van der Waals surface area contributed by atoms with Crippen molar-refractivity contribution in [3.8, 4) is 6.01 Å². The van der Waals surface area contributed by atoms with Crippen LogP contribution in [-0.2, 0) is 12.6 Å². The van der Waals surface area contributed by atoms with Crippen LogP contribution < -0.4 is 9.64 Å². The van der Waals surface area contributed by atoms with Gasteiger partial charge >= 0.3 is 12.2 Å². The lowest BCUT2D eigenvalue weighted by Crippen LogP contribution is -2.19. The second-order valence-electron chi connectivity index (χ2n) is 5.30. The van der Waals surface area contributed by atoms with E-state index in [1.165, 1.54) is 4.90 Å². The minimum atomic E-state index is -4.55. The van der Waals surface area contributed by atoms with Gasteiger partial charge in [0.25, 0.3) is 0 Å². The number of alkyl halides is 3. The molecule has 0 aliphatic carbocycles. The van der Waals surface area contributed by atoms with Gasteiger partial charge in [0.15, 0.2) is 5.82 Å². The monoisotopic (exact) mass is 339 g/mol. The van der Waals surface area contributed by atoms with Crippen molar-refractivity contribution < 1.29 is 17.9 Å². The average molecular weight is 339 g/mol. The number of aryl methyl sites for hydroxylation is 1. The van der Waals surface area contributed by atoms with E-state index in [9.17, 15) is 13.2 Å². The van der Waals surface area contributed by atoms with Crippen LogP contribution in [0.2, 0.25) is 0 Å². The Morgan fingerprint density at radius 2 is 1.96 bits per heavy atom. The Morgan fingerprint density at radius 3 is 2.58 bits per heavy atom. The first-order chi connectivity index (χ1) is 11.4. The first kappa shape index (κ1) is 18.0. The van der Waals surface area contributed by atoms with Gasteiger partial charge in [0.2, 0.25) is 0 Å². The molecule has 2 aromatic rings. The summed E-state index contributed by atoms with van der Waals surface area (Å²) in [5, 5.41) is 0. The fraction of sp³-hybridized carbons (Fsp3) is 0.412. The van der Waals surface area contributed by atoms with Crippen LogP contribution in [0.15, 0.2) is 30.5 Å². The van der Waals surface area contributed by atoms with E-state index in [2.05, 4.69) is 16.9 Å². The van der Waals surface area contributed by atoms with Crippen molar-refractivity contribution in [3.05, 3.63) is 41.6 Å². The zero-order valence-corrected chi connectivity index (χ0v) is 13.9. The molecule has 0 radical (unpaired) electrons. The summed E-state index contributed by atoms with van der Waals surface area (Å²) >= 11 is 0. The Kier molecular flexibility index (Phi) is 5.64. The molecule has 7 heteroatoms. The Balaban J connectivity index is 2.47. The molecule has 0 aliphatic heterocycles. The average Bonchev–Trinajstić information content (AvgIpc) is 2.54. The molecule has 4 nitrogen and oxygen atoms in total. The Hall–Kier alpha value is -2.31. The molecule has 0 unspecified atom stereocenters. The molecular formula is C17H20F3N3O. The fourth-order valence-corrected chi connectivity index (χ4v) is 2.34. The van der Waals surface area contributed by atoms with Crippen LogP contribution in [0.5, 0.6) is 6.01 Å². The van der Waals surface area contributed by atoms with E-state index in [1.807, 2.05) is 18.2 Å². The zero-order chi connectivity index (χ0) is 17.7. The number of ether oxygens (including phenoxy) is 1. The van der Waals surface area contributed by atoms with Gasteiger partial charge in [0, 0.05) is 18.9 Å². The predicted molar refractivity (Wildman–Crippen MR) is 86.7 cm³/mol. The highest BCUT2D eigenvalue weighted by Gasteiger charge is 2.36. The van der Waals surface area contributed by atoms with E-state index < -0.39 is 11.7 Å². The third-order valence-electron chi connectivity index (χ3n) is 3.48. The van der Waals surface area contributed by atoms with Crippen LogP contribution >= 0.6 is 0 Å². The Morgan fingerprint density at radius 1 is 1.21 bits per heavy atom. The first-order valence-corrected chi connectivity index (χ1v) is 7.76. The number of halogens is 3. The predicted octanol–water partition coefficient (Wildman–Crippen LogP) is 4.61. The van der Waals surface area contributed by atoms with Crippen molar-refractivity contribution in [1.29, 1.82) is 0 Å². The standard InChI is InChI=1S/C17H20F3N3O/c1-4-7-12-8-6-9-13(10-12)23(3)15-14(17(18,19)20)11-21-16(22-15)24-5-2/h6,8-11H,4-5,7H2,1-3H3. The Bertz CT molecular complexity index is 689. The summed E-state index contributed by atoms with van der Waals surface area (Å²) in [4.78, 5) is 9.00. The molecule has 1 aromatic heterocycles. The smallest absolute Gasteiger partial charge is 0.421 e. The molecule has 1 heterocycles. The summed E-state index contributed by atoms with van der Waals surface area (Å²) in [6.07, 6.45) is -1.96. The molecule has 0 atom stereocenters. The summed E-state index contributed by atoms with van der Waals surface area (Å²) in [7, 11) is 1.55. The molecule has 0 saturated heterocycles. The van der Waals surface area contributed by atoms with Gasteiger partial charge < -0.3 is 9.64 Å². The lowest BCUT2D eigenvalue weighted by Gasteiger charge is -2.23. The lowest BCUT2D eigenvalue weighted by atomic mass is 10.1. The summed E-state index contributed by atoms with van der Waals surface area (Å²) in [6.45, 7) is 4.05. The molecular weight excluding hydrogens is 319 g/mol. The minimum absolute atomic E-state index is 0.0722. The largest absolute Gasteiger partial charge is 0.464 e. The molecule has 0 fully saturated rings. The normalized spacial score (nSPS) is 11.4. The Labute approximate surface area is 139 Å². The molecule has 0 spiro atoms. The summed E-state index contributed by atoms with van der Waals surface area (Å²) < 4.78 is 45.0. The SMILES string of the molecule is CCCc1cccc(N(C)c2nc(OCC)ncc2C(F)(F)F)c1. The van der Waals surface area contributed by atoms with Gasteiger partial charge in [-0.3, -0.25) is 0 Å². The van der Waals surface area contributed by atoms with Gasteiger partial charge in [0.1, 0.15) is 5.56 Å². The fourth-order valence-electron chi connectivity index (χ4n) is 2.34. The number of hydrogen-bond donors (Lipinski definition) is 0. The molecule has 1 aromatic carbocycles. The molecule has 0 N–H and O–H groups in total. The molecule has 130 valence electrons. The van der Waals surface area contributed by atoms with Gasteiger partial charge in [-0.25, -0.2) is 4.98 Å². The van der Waals surface area contributed by atoms with Crippen molar-refractivity contribution in [2.45, 2.75) is 32.9 Å². The second kappa shape index (κ2) is 7.51. The van der Waals surface area contributed by atoms with Crippen molar-refractivity contribution in [3.63, 3.8) is 0 Å². The zero-order valence-electron chi connectivity index (χ0n) is 13.9. The highest BCUT2D eigenvalue weighted by Crippen LogP contribution is 2.37. The number of benzene rings is 1. The van der Waals surface area contributed by atoms with E-state index in [1.54, 1.807) is 20.0 Å². The van der Waals surface area contributed by atoms with Crippen LogP contribution in [-0.4, -0.2) is 23.6 Å². The number of hydrogen-bond acceptors (Lipinski definition) is 4. The summed E-state index contributed by atoms with van der Waals surface area (Å²) in [6, 6.07) is 7.33. The van der Waals surface area contributed by atoms with E-state index in [0.29, 0.717) is 5.69 Å². The van der Waals surface area contributed by atoms with E-state index in [0.717, 1.165) is 24.6 Å². The van der Waals surface area contributed by atoms with E-state index in [-0.39, 0.29) is 18.4 Å². The molecule has 24 heavy (non-hydrogen) atoms. The third-order valence-corrected chi connectivity index (χ3v) is 3.48. The van der Waals surface area contributed by atoms with Crippen molar-refractivity contribution in [1.82, 2.24) is 9.97 Å². The summed E-state index contributed by atoms with van der Waals surface area (Å²) in [5.41, 5.74) is 0.802. The first-order valence-electron chi connectivity index (χ1n) is 7.76.